The average molecular weight is 259 g/mol. The molecule has 0 spiro atoms. The number of anilines is 1. The molecule has 1 aromatic heterocycles. The number of aliphatic hydroxyl groups excluding tert-OH is 1. The Hall–Kier alpha value is -1.12. The van der Waals surface area contributed by atoms with Gasteiger partial charge in [-0.25, -0.2) is 5.84 Å². The van der Waals surface area contributed by atoms with Crippen molar-refractivity contribution >= 4 is 17.7 Å². The fraction of sp³-hybridized carbons (Fsp3) is 0.667. The van der Waals surface area contributed by atoms with Crippen molar-refractivity contribution in [1.82, 2.24) is 15.0 Å². The van der Waals surface area contributed by atoms with Crippen LogP contribution in [0, 0.1) is 0 Å². The summed E-state index contributed by atoms with van der Waals surface area (Å²) < 4.78 is 5.38. The van der Waals surface area contributed by atoms with Gasteiger partial charge in [-0.1, -0.05) is 18.7 Å². The molecule has 0 saturated carbocycles. The summed E-state index contributed by atoms with van der Waals surface area (Å²) in [6.45, 7) is 5.67. The molecule has 7 nitrogen and oxygen atoms in total. The molecule has 4 N–H and O–H groups in total. The fourth-order valence-corrected chi connectivity index (χ4v) is 1.64. The average Bonchev–Trinajstić information content (AvgIpc) is 2.27. The maximum Gasteiger partial charge on any atom is 0.322 e. The Bertz CT molecular complexity index is 363. The standard InChI is InChI=1S/C9H17N5O2S/c1-5(2)16-8-11-7(14-10)12-9(13-8)17-6(3)4-15/h5-6,15H,4,10H2,1-3H3,(H,11,12,13,14). The van der Waals surface area contributed by atoms with Gasteiger partial charge in [-0.05, 0) is 13.8 Å². The van der Waals surface area contributed by atoms with Crippen LogP contribution >= 0.6 is 11.8 Å². The Morgan fingerprint density at radius 3 is 2.59 bits per heavy atom. The van der Waals surface area contributed by atoms with Crippen molar-refractivity contribution in [2.24, 2.45) is 5.84 Å². The number of aromatic nitrogens is 3. The number of aliphatic hydroxyl groups is 1. The van der Waals surface area contributed by atoms with E-state index in [1.54, 1.807) is 0 Å². The minimum atomic E-state index is -0.0314. The monoisotopic (exact) mass is 259 g/mol. The predicted octanol–water partition coefficient (Wildman–Crippen LogP) is 0.417. The minimum Gasteiger partial charge on any atom is -0.461 e. The van der Waals surface area contributed by atoms with E-state index in [4.69, 9.17) is 15.7 Å². The second kappa shape index (κ2) is 6.58. The molecule has 1 rings (SSSR count). The van der Waals surface area contributed by atoms with Crippen molar-refractivity contribution in [2.75, 3.05) is 12.0 Å². The number of ether oxygens (including phenoxy) is 1. The highest BCUT2D eigenvalue weighted by Crippen LogP contribution is 2.21. The van der Waals surface area contributed by atoms with E-state index in [-0.39, 0.29) is 29.9 Å². The molecule has 1 unspecified atom stereocenters. The predicted molar refractivity (Wildman–Crippen MR) is 65.8 cm³/mol. The summed E-state index contributed by atoms with van der Waals surface area (Å²) in [6, 6.07) is 0.218. The van der Waals surface area contributed by atoms with Crippen molar-refractivity contribution in [1.29, 1.82) is 0 Å². The molecule has 0 aromatic carbocycles. The molecule has 96 valence electrons. The Labute approximate surface area is 104 Å². The number of thioether (sulfide) groups is 1. The molecule has 0 saturated heterocycles. The molecule has 0 aliphatic heterocycles. The fourth-order valence-electron chi connectivity index (χ4n) is 0.936. The van der Waals surface area contributed by atoms with Crippen molar-refractivity contribution in [3.8, 4) is 6.01 Å². The summed E-state index contributed by atoms with van der Waals surface area (Å²) in [5.74, 6) is 5.50. The molecule has 0 bridgehead atoms. The first kappa shape index (κ1) is 13.9. The number of hydrazine groups is 1. The first-order valence-electron chi connectivity index (χ1n) is 5.22. The number of hydrogen-bond acceptors (Lipinski definition) is 8. The third kappa shape index (κ3) is 4.72. The van der Waals surface area contributed by atoms with Gasteiger partial charge >= 0.3 is 6.01 Å². The molecule has 1 atom stereocenters. The van der Waals surface area contributed by atoms with Crippen LogP contribution in [-0.2, 0) is 0 Å². The van der Waals surface area contributed by atoms with E-state index in [0.717, 1.165) is 0 Å². The van der Waals surface area contributed by atoms with Crippen LogP contribution in [0.25, 0.3) is 0 Å². The number of nitrogens with two attached hydrogens (primary N) is 1. The van der Waals surface area contributed by atoms with Crippen LogP contribution in [0.15, 0.2) is 5.16 Å². The van der Waals surface area contributed by atoms with Crippen LogP contribution in [-0.4, -0.2) is 38.0 Å². The van der Waals surface area contributed by atoms with Gasteiger partial charge in [-0.15, -0.1) is 0 Å². The molecule has 0 fully saturated rings. The normalized spacial score (nSPS) is 12.6. The van der Waals surface area contributed by atoms with Crippen molar-refractivity contribution in [2.45, 2.75) is 37.3 Å². The van der Waals surface area contributed by atoms with Gasteiger partial charge in [0.1, 0.15) is 0 Å². The molecule has 0 amide bonds. The Morgan fingerprint density at radius 2 is 2.06 bits per heavy atom. The van der Waals surface area contributed by atoms with Gasteiger partial charge in [0.15, 0.2) is 5.16 Å². The first-order chi connectivity index (χ1) is 8.05. The number of nitrogen functional groups attached to an aromatic ring is 1. The van der Waals surface area contributed by atoms with Crippen LogP contribution in [0.5, 0.6) is 6.01 Å². The van der Waals surface area contributed by atoms with E-state index in [1.165, 1.54) is 11.8 Å². The SMILES string of the molecule is CC(C)Oc1nc(NN)nc(SC(C)CO)n1. The molecule has 8 heteroatoms. The van der Waals surface area contributed by atoms with Crippen LogP contribution < -0.4 is 16.0 Å². The van der Waals surface area contributed by atoms with Gasteiger partial charge < -0.3 is 9.84 Å². The zero-order valence-electron chi connectivity index (χ0n) is 10.0. The lowest BCUT2D eigenvalue weighted by Gasteiger charge is -2.11. The van der Waals surface area contributed by atoms with Gasteiger partial charge in [-0.2, -0.15) is 15.0 Å². The summed E-state index contributed by atoms with van der Waals surface area (Å²) in [6.07, 6.45) is -0.0314. The van der Waals surface area contributed by atoms with Crippen molar-refractivity contribution < 1.29 is 9.84 Å². The maximum absolute atomic E-state index is 8.97. The molecule has 17 heavy (non-hydrogen) atoms. The van der Waals surface area contributed by atoms with E-state index < -0.39 is 0 Å². The zero-order chi connectivity index (χ0) is 12.8. The zero-order valence-corrected chi connectivity index (χ0v) is 10.9. The highest BCUT2D eigenvalue weighted by Gasteiger charge is 2.11. The Balaban J connectivity index is 2.88. The van der Waals surface area contributed by atoms with Gasteiger partial charge in [0.05, 0.1) is 12.7 Å². The second-order valence-corrected chi connectivity index (χ2v) is 5.05. The summed E-state index contributed by atoms with van der Waals surface area (Å²) in [5.41, 5.74) is 2.35. The van der Waals surface area contributed by atoms with Crippen LogP contribution in [0.3, 0.4) is 0 Å². The highest BCUT2D eigenvalue weighted by atomic mass is 32.2. The molecular formula is C9H17N5O2S. The smallest absolute Gasteiger partial charge is 0.322 e. The minimum absolute atomic E-state index is 0.00470. The second-order valence-electron chi connectivity index (χ2n) is 3.65. The third-order valence-corrected chi connectivity index (χ3v) is 2.57. The Kier molecular flexibility index (Phi) is 5.39. The summed E-state index contributed by atoms with van der Waals surface area (Å²) in [5, 5.41) is 9.43. The van der Waals surface area contributed by atoms with Gasteiger partial charge in [0.25, 0.3) is 0 Å². The third-order valence-electron chi connectivity index (χ3n) is 1.63. The van der Waals surface area contributed by atoms with E-state index in [1.807, 2.05) is 20.8 Å². The summed E-state index contributed by atoms with van der Waals surface area (Å²) in [4.78, 5) is 12.2. The summed E-state index contributed by atoms with van der Waals surface area (Å²) >= 11 is 1.33. The number of nitrogens with zero attached hydrogens (tertiary/aromatic N) is 3. The van der Waals surface area contributed by atoms with Gasteiger partial charge in [0.2, 0.25) is 5.95 Å². The largest absolute Gasteiger partial charge is 0.461 e. The van der Waals surface area contributed by atoms with Crippen LogP contribution in [0.4, 0.5) is 5.95 Å². The molecule has 0 radical (unpaired) electrons. The number of hydrogen-bond donors (Lipinski definition) is 3. The lowest BCUT2D eigenvalue weighted by molar-refractivity contribution is 0.219. The van der Waals surface area contributed by atoms with Crippen LogP contribution in [0.2, 0.25) is 0 Å². The van der Waals surface area contributed by atoms with Crippen molar-refractivity contribution in [3.63, 3.8) is 0 Å². The summed E-state index contributed by atoms with van der Waals surface area (Å²) in [7, 11) is 0. The topological polar surface area (TPSA) is 106 Å². The van der Waals surface area contributed by atoms with E-state index in [2.05, 4.69) is 20.4 Å². The van der Waals surface area contributed by atoms with E-state index >= 15 is 0 Å². The highest BCUT2D eigenvalue weighted by molar-refractivity contribution is 7.99. The molecule has 0 aliphatic rings. The number of nitrogens with one attached hydrogen (secondary N) is 1. The van der Waals surface area contributed by atoms with Gasteiger partial charge in [-0.3, -0.25) is 5.43 Å². The first-order valence-corrected chi connectivity index (χ1v) is 6.10. The Morgan fingerprint density at radius 1 is 1.35 bits per heavy atom. The van der Waals surface area contributed by atoms with Crippen LogP contribution in [0.1, 0.15) is 20.8 Å². The quantitative estimate of drug-likeness (QED) is 0.383. The maximum atomic E-state index is 8.97. The molecular weight excluding hydrogens is 242 g/mol. The number of rotatable bonds is 6. The van der Waals surface area contributed by atoms with Gasteiger partial charge in [0, 0.05) is 5.25 Å². The van der Waals surface area contributed by atoms with E-state index in [0.29, 0.717) is 5.16 Å². The molecule has 1 aromatic rings. The van der Waals surface area contributed by atoms with E-state index in [9.17, 15) is 0 Å². The lowest BCUT2D eigenvalue weighted by Crippen LogP contribution is -2.15. The van der Waals surface area contributed by atoms with Crippen molar-refractivity contribution in [3.05, 3.63) is 0 Å². The molecule has 1 heterocycles. The lowest BCUT2D eigenvalue weighted by atomic mass is 10.5. The molecule has 0 aliphatic carbocycles.